The van der Waals surface area contributed by atoms with Crippen LogP contribution in [0.15, 0.2) is 66.4 Å². The Morgan fingerprint density at radius 2 is 1.64 bits per heavy atom. The smallest absolute Gasteiger partial charge is 0.417 e. The number of alkyl halides is 3. The van der Waals surface area contributed by atoms with E-state index in [1.807, 2.05) is 0 Å². The minimum atomic E-state index is -4.77. The molecule has 3 fully saturated rings. The molecule has 53 heavy (non-hydrogen) atoms. The van der Waals surface area contributed by atoms with Gasteiger partial charge in [-0.3, -0.25) is 29.8 Å². The lowest BCUT2D eigenvalue weighted by Crippen LogP contribution is -2.54. The highest BCUT2D eigenvalue weighted by atomic mass is 35.5. The molecule has 0 radical (unpaired) electrons. The van der Waals surface area contributed by atoms with Crippen LogP contribution in [0.1, 0.15) is 29.5 Å². The first-order valence-corrected chi connectivity index (χ1v) is 16.9. The maximum atomic E-state index is 15.1. The highest BCUT2D eigenvalue weighted by Gasteiger charge is 2.69. The van der Waals surface area contributed by atoms with E-state index in [-0.39, 0.29) is 35.2 Å². The van der Waals surface area contributed by atoms with Crippen molar-refractivity contribution in [2.24, 2.45) is 29.6 Å². The molecule has 17 heteroatoms. The lowest BCUT2D eigenvalue weighted by atomic mass is 9.50. The standard InChI is InChI=1S/C36H29Cl2F3N4O8/c1-52-26-11-16(12-27(53-2)29(26)46)3-10-23-20-8-9-21-28(33(49)45(51)31(21)47)22(20)14-24-32(48)44(34(50)35(23,24)17-4-6-19(37)7-5-17)43-30-25(38)13-18(15-42-30)36(39,40)41/h3-8,10-13,15,21-24,28,46,51H,9,14H2,1-2H3,(H,42,43)/t21-,22+,23-,24-,28-,35-/m0/s1. The molecule has 4 amide bonds. The molecule has 7 rings (SSSR count). The first-order chi connectivity index (χ1) is 25.1. The van der Waals surface area contributed by atoms with Crippen molar-refractivity contribution >= 4 is 58.7 Å². The van der Waals surface area contributed by atoms with E-state index in [4.69, 9.17) is 32.7 Å². The Bertz CT molecular complexity index is 2100. The lowest BCUT2D eigenvalue weighted by Gasteiger charge is -2.49. The topological polar surface area (TPSA) is 159 Å². The SMILES string of the molecule is COc1cc(C=C[C@H]2C3=CC[C@@H]4C(=O)N(O)C(=O)[C@@H]4[C@@H]3C[C@H]3C(=O)N(Nc4ncc(C(F)(F)F)cc4Cl)C(=O)[C@@]23c2ccc(Cl)cc2)cc(OC)c1O. The van der Waals surface area contributed by atoms with Crippen LogP contribution in [0.25, 0.3) is 6.08 Å². The number of benzene rings is 2. The second kappa shape index (κ2) is 13.1. The fourth-order valence-corrected chi connectivity index (χ4v) is 8.56. The molecule has 6 atom stereocenters. The minimum Gasteiger partial charge on any atom is -0.502 e. The number of nitrogens with one attached hydrogen (secondary N) is 1. The molecule has 3 heterocycles. The number of anilines is 1. The van der Waals surface area contributed by atoms with Gasteiger partial charge in [0.15, 0.2) is 17.3 Å². The van der Waals surface area contributed by atoms with Crippen LogP contribution in [0, 0.1) is 29.6 Å². The summed E-state index contributed by atoms with van der Waals surface area (Å²) in [6, 6.07) is 9.91. The van der Waals surface area contributed by atoms with Crippen LogP contribution in [0.5, 0.6) is 17.2 Å². The van der Waals surface area contributed by atoms with Crippen molar-refractivity contribution in [3.05, 3.63) is 93.1 Å². The van der Waals surface area contributed by atoms with E-state index in [0.29, 0.717) is 39.0 Å². The Morgan fingerprint density at radius 1 is 0.981 bits per heavy atom. The van der Waals surface area contributed by atoms with Gasteiger partial charge in [0, 0.05) is 17.1 Å². The summed E-state index contributed by atoms with van der Waals surface area (Å²) in [7, 11) is 2.70. The minimum absolute atomic E-state index is 0.0554. The molecule has 2 aromatic carbocycles. The highest BCUT2D eigenvalue weighted by Crippen LogP contribution is 2.61. The predicted octanol–water partition coefficient (Wildman–Crippen LogP) is 6.05. The van der Waals surface area contributed by atoms with Gasteiger partial charge in [-0.1, -0.05) is 59.1 Å². The van der Waals surface area contributed by atoms with Crippen LogP contribution in [0.4, 0.5) is 19.0 Å². The van der Waals surface area contributed by atoms with Crippen molar-refractivity contribution in [3.8, 4) is 17.2 Å². The average molecular weight is 774 g/mol. The number of hydrazine groups is 1. The number of pyridine rings is 1. The number of aromatic hydroxyl groups is 1. The number of phenols is 1. The third kappa shape index (κ3) is 5.60. The third-order valence-electron chi connectivity index (χ3n) is 10.6. The molecule has 1 saturated carbocycles. The summed E-state index contributed by atoms with van der Waals surface area (Å²) in [5, 5.41) is 21.5. The van der Waals surface area contributed by atoms with Gasteiger partial charge < -0.3 is 14.6 Å². The number of halogens is 5. The molecule has 12 nitrogen and oxygen atoms in total. The van der Waals surface area contributed by atoms with E-state index >= 15 is 4.79 Å². The molecule has 0 spiro atoms. The summed E-state index contributed by atoms with van der Waals surface area (Å²) in [4.78, 5) is 59.8. The van der Waals surface area contributed by atoms with E-state index in [0.717, 1.165) is 0 Å². The Labute approximate surface area is 309 Å². The number of hydroxylamine groups is 2. The van der Waals surface area contributed by atoms with E-state index in [2.05, 4.69) is 10.4 Å². The first kappa shape index (κ1) is 36.2. The summed E-state index contributed by atoms with van der Waals surface area (Å²) in [5.74, 6) is -8.69. The maximum absolute atomic E-state index is 15.1. The highest BCUT2D eigenvalue weighted by molar-refractivity contribution is 6.33. The van der Waals surface area contributed by atoms with Gasteiger partial charge in [-0.05, 0) is 60.2 Å². The third-order valence-corrected chi connectivity index (χ3v) is 11.1. The van der Waals surface area contributed by atoms with Gasteiger partial charge in [0.05, 0.1) is 48.0 Å². The normalized spacial score (nSPS) is 26.8. The summed E-state index contributed by atoms with van der Waals surface area (Å²) in [5.41, 5.74) is 1.02. The molecule has 0 bridgehead atoms. The number of imide groups is 2. The molecule has 2 aliphatic heterocycles. The maximum Gasteiger partial charge on any atom is 0.417 e. The van der Waals surface area contributed by atoms with Gasteiger partial charge >= 0.3 is 6.18 Å². The number of amides is 4. The zero-order valence-electron chi connectivity index (χ0n) is 27.7. The van der Waals surface area contributed by atoms with Crippen LogP contribution in [0.3, 0.4) is 0 Å². The van der Waals surface area contributed by atoms with Crippen molar-refractivity contribution in [2.45, 2.75) is 24.4 Å². The number of aromatic nitrogens is 1. The number of carbonyl (C=O) groups excluding carboxylic acids is 4. The quantitative estimate of drug-likeness (QED) is 0.147. The van der Waals surface area contributed by atoms with Crippen LogP contribution in [-0.2, 0) is 30.8 Å². The number of carbonyl (C=O) groups is 4. The molecule has 3 aromatic rings. The molecule has 1 aromatic heterocycles. The predicted molar refractivity (Wildman–Crippen MR) is 182 cm³/mol. The number of phenolic OH excluding ortho intramolecular Hbond substituents is 1. The fourth-order valence-electron chi connectivity index (χ4n) is 8.23. The van der Waals surface area contributed by atoms with Crippen molar-refractivity contribution in [3.63, 3.8) is 0 Å². The Balaban J connectivity index is 1.42. The van der Waals surface area contributed by atoms with Crippen LogP contribution < -0.4 is 14.9 Å². The Hall–Kier alpha value is -5.12. The van der Waals surface area contributed by atoms with Crippen molar-refractivity contribution in [1.29, 1.82) is 0 Å². The summed E-state index contributed by atoms with van der Waals surface area (Å²) >= 11 is 12.5. The number of allylic oxidation sites excluding steroid dienone is 3. The van der Waals surface area contributed by atoms with Crippen LogP contribution in [-0.4, -0.2) is 63.2 Å². The van der Waals surface area contributed by atoms with Gasteiger partial charge in [-0.2, -0.15) is 23.2 Å². The molecular weight excluding hydrogens is 744 g/mol. The number of ether oxygens (including phenoxy) is 2. The average Bonchev–Trinajstić information content (AvgIpc) is 3.48. The first-order valence-electron chi connectivity index (χ1n) is 16.2. The summed E-state index contributed by atoms with van der Waals surface area (Å²) in [6.45, 7) is 0. The van der Waals surface area contributed by atoms with Gasteiger partial charge in [0.2, 0.25) is 5.75 Å². The molecule has 2 saturated heterocycles. The number of fused-ring (bicyclic) bond motifs is 4. The van der Waals surface area contributed by atoms with Crippen molar-refractivity contribution in [2.75, 3.05) is 19.6 Å². The van der Waals surface area contributed by atoms with Crippen molar-refractivity contribution in [1.82, 2.24) is 15.1 Å². The second-order valence-electron chi connectivity index (χ2n) is 13.1. The van der Waals surface area contributed by atoms with E-state index in [1.165, 1.54) is 26.4 Å². The van der Waals surface area contributed by atoms with Gasteiger partial charge in [0.1, 0.15) is 0 Å². The van der Waals surface area contributed by atoms with Gasteiger partial charge in [0.25, 0.3) is 23.6 Å². The lowest BCUT2D eigenvalue weighted by molar-refractivity contribution is -0.173. The van der Waals surface area contributed by atoms with Gasteiger partial charge in [-0.25, -0.2) is 4.98 Å². The molecular formula is C36H29Cl2F3N4O8. The largest absolute Gasteiger partial charge is 0.502 e. The molecule has 0 unspecified atom stereocenters. The number of nitrogens with zero attached hydrogens (tertiary/aromatic N) is 3. The van der Waals surface area contributed by atoms with E-state index in [9.17, 15) is 37.9 Å². The van der Waals surface area contributed by atoms with Crippen LogP contribution >= 0.6 is 23.2 Å². The van der Waals surface area contributed by atoms with Crippen LogP contribution in [0.2, 0.25) is 10.0 Å². The monoisotopic (exact) mass is 772 g/mol. The number of rotatable bonds is 7. The molecule has 4 aliphatic rings. The fraction of sp³-hybridized carbons (Fsp3) is 0.306. The molecule has 3 N–H and O–H groups in total. The molecule has 2 aliphatic carbocycles. The number of methoxy groups -OCH3 is 2. The summed E-state index contributed by atoms with van der Waals surface area (Å²) < 4.78 is 50.8. The number of hydrogen-bond acceptors (Lipinski definition) is 10. The van der Waals surface area contributed by atoms with E-state index < -0.39 is 81.2 Å². The van der Waals surface area contributed by atoms with Crippen molar-refractivity contribution < 1.29 is 52.1 Å². The molecule has 276 valence electrons. The second-order valence-corrected chi connectivity index (χ2v) is 13.9. The Kier molecular flexibility index (Phi) is 8.94. The summed E-state index contributed by atoms with van der Waals surface area (Å²) in [6.07, 6.45) is 0.722. The zero-order valence-corrected chi connectivity index (χ0v) is 29.2. The zero-order chi connectivity index (χ0) is 38.1. The van der Waals surface area contributed by atoms with Gasteiger partial charge in [-0.15, -0.1) is 0 Å². The van der Waals surface area contributed by atoms with E-state index in [1.54, 1.807) is 42.5 Å². The number of hydrogen-bond donors (Lipinski definition) is 3. The Morgan fingerprint density at radius 3 is 2.25 bits per heavy atom.